The van der Waals surface area contributed by atoms with E-state index in [1.54, 1.807) is 38.6 Å². The summed E-state index contributed by atoms with van der Waals surface area (Å²) in [5.74, 6) is -0.874. The van der Waals surface area contributed by atoms with E-state index >= 15 is 0 Å². The van der Waals surface area contributed by atoms with Crippen LogP contribution in [0.5, 0.6) is 5.75 Å². The Bertz CT molecular complexity index is 1340. The maximum absolute atomic E-state index is 14.5. The van der Waals surface area contributed by atoms with Gasteiger partial charge in [-0.3, -0.25) is 14.4 Å². The largest absolute Gasteiger partial charge is 0.494 e. The molecule has 3 fully saturated rings. The number of nitrogens with zero attached hydrogens (tertiary/aromatic N) is 3. The molecular formula is C34H41N3O5S. The van der Waals surface area contributed by atoms with Gasteiger partial charge in [-0.2, -0.15) is 0 Å². The van der Waals surface area contributed by atoms with Gasteiger partial charge in [0.25, 0.3) is 0 Å². The smallest absolute Gasteiger partial charge is 0.247 e. The first-order valence-electron chi connectivity index (χ1n) is 15.1. The molecule has 2 aromatic carbocycles. The van der Waals surface area contributed by atoms with Gasteiger partial charge in [0.1, 0.15) is 11.8 Å². The van der Waals surface area contributed by atoms with Crippen molar-refractivity contribution in [3.8, 4) is 5.75 Å². The molecular weight excluding hydrogens is 562 g/mol. The van der Waals surface area contributed by atoms with Crippen LogP contribution in [0.15, 0.2) is 79.9 Å². The van der Waals surface area contributed by atoms with Crippen molar-refractivity contribution in [1.82, 2.24) is 9.80 Å². The van der Waals surface area contributed by atoms with Gasteiger partial charge in [-0.05, 0) is 56.0 Å². The quantitative estimate of drug-likeness (QED) is 0.324. The molecule has 228 valence electrons. The zero-order chi connectivity index (χ0) is 30.6. The number of thioether (sulfide) groups is 1. The van der Waals surface area contributed by atoms with E-state index in [-0.39, 0.29) is 36.1 Å². The van der Waals surface area contributed by atoms with Gasteiger partial charge in [0.05, 0.1) is 23.2 Å². The minimum absolute atomic E-state index is 0.0614. The minimum atomic E-state index is -0.716. The van der Waals surface area contributed by atoms with Crippen LogP contribution < -0.4 is 9.64 Å². The normalized spacial score (nSPS) is 25.3. The number of hydrogen-bond donors (Lipinski definition) is 1. The minimum Gasteiger partial charge on any atom is -0.494 e. The zero-order valence-electron chi connectivity index (χ0n) is 24.8. The average Bonchev–Trinajstić information content (AvgIpc) is 3.66. The van der Waals surface area contributed by atoms with E-state index in [1.165, 1.54) is 0 Å². The number of rotatable bonds is 14. The number of ether oxygens (including phenoxy) is 1. The summed E-state index contributed by atoms with van der Waals surface area (Å²) >= 11 is 1.65. The fraction of sp³-hybridized carbons (Fsp3) is 0.441. The third kappa shape index (κ3) is 5.72. The Kier molecular flexibility index (Phi) is 9.62. The first-order chi connectivity index (χ1) is 20.9. The van der Waals surface area contributed by atoms with Gasteiger partial charge >= 0.3 is 0 Å². The van der Waals surface area contributed by atoms with Crippen molar-refractivity contribution >= 4 is 35.2 Å². The molecule has 9 heteroatoms. The van der Waals surface area contributed by atoms with E-state index in [0.717, 1.165) is 17.7 Å². The molecule has 0 saturated carbocycles. The van der Waals surface area contributed by atoms with E-state index < -0.39 is 22.6 Å². The van der Waals surface area contributed by atoms with E-state index in [4.69, 9.17) is 4.74 Å². The SMILES string of the molecule is C=CCN(Cc1ccccc1)C(=O)C1N(CCCO)C(=O)[C@@H]2[C@@H](C(=O)N(CC=C)c3ccc(OCC)cc3)[C@H]3CCC12S3. The van der Waals surface area contributed by atoms with Crippen LogP contribution in [0.2, 0.25) is 0 Å². The highest BCUT2D eigenvalue weighted by Gasteiger charge is 2.74. The van der Waals surface area contributed by atoms with Crippen molar-refractivity contribution in [2.24, 2.45) is 11.8 Å². The number of aliphatic hydroxyl groups is 1. The van der Waals surface area contributed by atoms with Crippen LogP contribution >= 0.6 is 11.8 Å². The molecule has 3 aliphatic heterocycles. The molecule has 0 radical (unpaired) electrons. The van der Waals surface area contributed by atoms with Crippen molar-refractivity contribution in [2.45, 2.75) is 48.8 Å². The third-order valence-electron chi connectivity index (χ3n) is 8.79. The van der Waals surface area contributed by atoms with Crippen molar-refractivity contribution in [1.29, 1.82) is 0 Å². The third-order valence-corrected chi connectivity index (χ3v) is 10.7. The highest BCUT2D eigenvalue weighted by atomic mass is 32.2. The van der Waals surface area contributed by atoms with Crippen molar-refractivity contribution in [2.75, 3.05) is 37.7 Å². The van der Waals surface area contributed by atoms with E-state index in [9.17, 15) is 19.5 Å². The number of carbonyl (C=O) groups excluding carboxylic acids is 3. The predicted molar refractivity (Wildman–Crippen MR) is 170 cm³/mol. The number of aliphatic hydroxyl groups excluding tert-OH is 1. The molecule has 0 aliphatic carbocycles. The van der Waals surface area contributed by atoms with E-state index in [0.29, 0.717) is 44.8 Å². The number of benzene rings is 2. The molecule has 43 heavy (non-hydrogen) atoms. The Labute approximate surface area is 258 Å². The lowest BCUT2D eigenvalue weighted by Crippen LogP contribution is -2.55. The molecule has 8 nitrogen and oxygen atoms in total. The lowest BCUT2D eigenvalue weighted by molar-refractivity contribution is -0.143. The number of amides is 3. The molecule has 2 bridgehead atoms. The van der Waals surface area contributed by atoms with Crippen LogP contribution in [0.3, 0.4) is 0 Å². The molecule has 2 aromatic rings. The maximum Gasteiger partial charge on any atom is 0.247 e. The zero-order valence-corrected chi connectivity index (χ0v) is 25.6. The standard InChI is InChI=1S/C34H41N3O5S/c1-4-19-35(23-24-11-8-7-9-12-24)33(41)30-34-18-17-27(43-34)28(29(34)32(40)37(30)21-10-22-38)31(39)36(20-5-2)25-13-15-26(16-14-25)42-6-3/h4-5,7-9,11-16,27-30,38H,1-2,6,10,17-23H2,3H3/t27-,28+,29+,30?,34?/m1/s1. The van der Waals surface area contributed by atoms with Gasteiger partial charge in [0.2, 0.25) is 17.7 Å². The summed E-state index contributed by atoms with van der Waals surface area (Å²) < 4.78 is 4.88. The van der Waals surface area contributed by atoms with Gasteiger partial charge in [-0.25, -0.2) is 0 Å². The summed E-state index contributed by atoms with van der Waals surface area (Å²) in [5, 5.41) is 9.62. The van der Waals surface area contributed by atoms with Gasteiger partial charge < -0.3 is 24.5 Å². The molecule has 3 amide bonds. The second-order valence-corrected chi connectivity index (χ2v) is 12.9. The molecule has 3 aliphatic rings. The predicted octanol–water partition coefficient (Wildman–Crippen LogP) is 4.29. The number of likely N-dealkylation sites (tertiary alicyclic amines) is 1. The Hall–Kier alpha value is -3.56. The summed E-state index contributed by atoms with van der Waals surface area (Å²) in [4.78, 5) is 48.3. The van der Waals surface area contributed by atoms with Gasteiger partial charge in [0.15, 0.2) is 0 Å². The Morgan fingerprint density at radius 1 is 1.09 bits per heavy atom. The summed E-state index contributed by atoms with van der Waals surface area (Å²) in [7, 11) is 0. The van der Waals surface area contributed by atoms with E-state index in [1.807, 2.05) is 61.5 Å². The van der Waals surface area contributed by atoms with Gasteiger partial charge in [-0.15, -0.1) is 24.9 Å². The summed E-state index contributed by atoms with van der Waals surface area (Å²) in [6.45, 7) is 11.4. The van der Waals surface area contributed by atoms with Gasteiger partial charge in [0, 0.05) is 43.7 Å². The fourth-order valence-electron chi connectivity index (χ4n) is 7.08. The van der Waals surface area contributed by atoms with Crippen LogP contribution in [-0.2, 0) is 20.9 Å². The summed E-state index contributed by atoms with van der Waals surface area (Å²) in [6.07, 6.45) is 5.21. The highest BCUT2D eigenvalue weighted by molar-refractivity contribution is 8.02. The number of fused-ring (bicyclic) bond motifs is 1. The summed E-state index contributed by atoms with van der Waals surface area (Å²) in [5.41, 5.74) is 1.70. The highest BCUT2D eigenvalue weighted by Crippen LogP contribution is 2.66. The molecule has 5 rings (SSSR count). The molecule has 5 atom stereocenters. The second-order valence-electron chi connectivity index (χ2n) is 11.3. The molecule has 3 saturated heterocycles. The van der Waals surface area contributed by atoms with Crippen LogP contribution in [0.25, 0.3) is 0 Å². The monoisotopic (exact) mass is 603 g/mol. The van der Waals surface area contributed by atoms with Crippen LogP contribution in [-0.4, -0.2) is 81.5 Å². The first kappa shape index (κ1) is 30.9. The van der Waals surface area contributed by atoms with Crippen LogP contribution in [0.1, 0.15) is 31.7 Å². The van der Waals surface area contributed by atoms with Crippen molar-refractivity contribution in [3.05, 3.63) is 85.5 Å². The number of carbonyl (C=O) groups is 3. The Morgan fingerprint density at radius 2 is 1.81 bits per heavy atom. The molecule has 0 aromatic heterocycles. The average molecular weight is 604 g/mol. The molecule has 2 unspecified atom stereocenters. The van der Waals surface area contributed by atoms with Crippen LogP contribution in [0.4, 0.5) is 5.69 Å². The number of anilines is 1. The maximum atomic E-state index is 14.5. The lowest BCUT2D eigenvalue weighted by atomic mass is 9.70. The first-order valence-corrected chi connectivity index (χ1v) is 16.0. The lowest BCUT2D eigenvalue weighted by Gasteiger charge is -2.37. The van der Waals surface area contributed by atoms with Crippen molar-refractivity contribution in [3.63, 3.8) is 0 Å². The Balaban J connectivity index is 1.49. The summed E-state index contributed by atoms with van der Waals surface area (Å²) in [6, 6.07) is 16.5. The van der Waals surface area contributed by atoms with Crippen molar-refractivity contribution < 1.29 is 24.2 Å². The topological polar surface area (TPSA) is 90.4 Å². The fourth-order valence-corrected chi connectivity index (χ4v) is 9.29. The van der Waals surface area contributed by atoms with Gasteiger partial charge in [-0.1, -0.05) is 42.5 Å². The molecule has 1 N–H and O–H groups in total. The molecule has 1 spiro atoms. The second kappa shape index (κ2) is 13.4. The van der Waals surface area contributed by atoms with Crippen LogP contribution in [0, 0.1) is 11.8 Å². The molecule has 3 heterocycles. The number of hydrogen-bond acceptors (Lipinski definition) is 6. The van der Waals surface area contributed by atoms with E-state index in [2.05, 4.69) is 13.2 Å². The Morgan fingerprint density at radius 3 is 2.47 bits per heavy atom.